The van der Waals surface area contributed by atoms with E-state index in [0.29, 0.717) is 11.1 Å². The first-order valence-corrected chi connectivity index (χ1v) is 16.1. The van der Waals surface area contributed by atoms with Gasteiger partial charge in [-0.15, -0.1) is 0 Å². The Morgan fingerprint density at radius 3 is 1.57 bits per heavy atom. The topological polar surface area (TPSA) is 13.1 Å². The summed E-state index contributed by atoms with van der Waals surface area (Å²) in [6.45, 7) is 0. The molecule has 0 aliphatic carbocycles. The second kappa shape index (κ2) is 11.1. The van der Waals surface area contributed by atoms with Gasteiger partial charge in [0.25, 0.3) is 0 Å². The van der Waals surface area contributed by atoms with E-state index in [4.69, 9.17) is 14.0 Å². The lowest BCUT2D eigenvalue weighted by atomic mass is 9.83. The third-order valence-electron chi connectivity index (χ3n) is 9.40. The molecule has 9 aromatic carbocycles. The summed E-state index contributed by atoms with van der Waals surface area (Å²) in [5, 5.41) is 8.12. The van der Waals surface area contributed by atoms with Crippen LogP contribution in [0.25, 0.3) is 98.8 Å². The molecular formula is C48H30O. The van der Waals surface area contributed by atoms with Crippen LogP contribution in [0.3, 0.4) is 0 Å². The first-order chi connectivity index (χ1) is 28.0. The number of fused-ring (bicyclic) bond motifs is 6. The van der Waals surface area contributed by atoms with Gasteiger partial charge in [-0.3, -0.25) is 0 Å². The maximum Gasteiger partial charge on any atom is 0.136 e. The Bertz CT molecular complexity index is 3290. The first kappa shape index (κ1) is 20.0. The van der Waals surface area contributed by atoms with Gasteiger partial charge in [-0.05, 0) is 101 Å². The van der Waals surface area contributed by atoms with Gasteiger partial charge in [-0.25, -0.2) is 0 Å². The van der Waals surface area contributed by atoms with Crippen LogP contribution in [0.5, 0.6) is 0 Å². The largest absolute Gasteiger partial charge is 0.456 e. The van der Waals surface area contributed by atoms with Crippen LogP contribution < -0.4 is 0 Å². The van der Waals surface area contributed by atoms with Crippen LogP contribution in [0.4, 0.5) is 0 Å². The van der Waals surface area contributed by atoms with E-state index in [1.807, 2.05) is 54.6 Å². The molecule has 10 aromatic rings. The van der Waals surface area contributed by atoms with Gasteiger partial charge in [-0.2, -0.15) is 0 Å². The summed E-state index contributed by atoms with van der Waals surface area (Å²) in [7, 11) is 0. The minimum atomic E-state index is -0.615. The van der Waals surface area contributed by atoms with Crippen molar-refractivity contribution in [2.75, 3.05) is 0 Å². The third-order valence-corrected chi connectivity index (χ3v) is 9.40. The van der Waals surface area contributed by atoms with E-state index in [-0.39, 0.29) is 28.8 Å². The van der Waals surface area contributed by atoms with Crippen molar-refractivity contribution in [1.82, 2.24) is 0 Å². The molecule has 1 aromatic heterocycles. The van der Waals surface area contributed by atoms with E-state index in [1.54, 1.807) is 12.1 Å². The molecule has 0 aliphatic rings. The van der Waals surface area contributed by atoms with Crippen LogP contribution in [-0.4, -0.2) is 0 Å². The molecule has 1 heterocycles. The molecular weight excluding hydrogens is 593 g/mol. The Balaban J connectivity index is 1.22. The second-order valence-corrected chi connectivity index (χ2v) is 12.1. The van der Waals surface area contributed by atoms with Gasteiger partial charge in [0.1, 0.15) is 11.2 Å². The van der Waals surface area contributed by atoms with Crippen LogP contribution in [0.15, 0.2) is 186 Å². The van der Waals surface area contributed by atoms with E-state index in [1.165, 1.54) is 0 Å². The average Bonchev–Trinajstić information content (AvgIpc) is 3.60. The molecule has 228 valence electrons. The molecule has 0 aliphatic heterocycles. The van der Waals surface area contributed by atoms with E-state index in [0.717, 1.165) is 70.9 Å². The Hall–Kier alpha value is -6.44. The lowest BCUT2D eigenvalue weighted by molar-refractivity contribution is 0.669. The van der Waals surface area contributed by atoms with E-state index < -0.39 is 42.3 Å². The molecule has 0 amide bonds. The molecule has 10 rings (SSSR count). The quantitative estimate of drug-likeness (QED) is 0.176. The fourth-order valence-electron chi connectivity index (χ4n) is 7.21. The Morgan fingerprint density at radius 2 is 0.878 bits per heavy atom. The maximum atomic E-state index is 9.29. The summed E-state index contributed by atoms with van der Waals surface area (Å²) in [6, 6.07) is 37.7. The number of hydrogen-bond donors (Lipinski definition) is 0. The van der Waals surface area contributed by atoms with Crippen molar-refractivity contribution in [1.29, 1.82) is 0 Å². The first-order valence-electron chi connectivity index (χ1n) is 20.6. The molecule has 0 atom stereocenters. The number of rotatable bonds is 4. The SMILES string of the molecule is [2H]c1c([2H])c([2H])c(-c2c([2H])c([2H])c(-c3ccccc3-c3c4ccccc4c(-c4ccc5oc6cc7ccccc7cc6c5c4)c4ccccc34)c([2H])c2[2H])c([2H])c1[2H]. The molecule has 0 spiro atoms. The normalized spacial score (nSPS) is 14.2. The molecule has 0 saturated heterocycles. The highest BCUT2D eigenvalue weighted by Crippen LogP contribution is 2.47. The van der Waals surface area contributed by atoms with E-state index >= 15 is 0 Å². The summed E-state index contributed by atoms with van der Waals surface area (Å²) in [5.74, 6) is 0. The van der Waals surface area contributed by atoms with Crippen molar-refractivity contribution in [2.24, 2.45) is 0 Å². The van der Waals surface area contributed by atoms with Crippen LogP contribution in [0.1, 0.15) is 12.3 Å². The zero-order valence-corrected chi connectivity index (χ0v) is 26.0. The van der Waals surface area contributed by atoms with Crippen LogP contribution >= 0.6 is 0 Å². The smallest absolute Gasteiger partial charge is 0.136 e. The molecule has 0 radical (unpaired) electrons. The van der Waals surface area contributed by atoms with Gasteiger partial charge >= 0.3 is 0 Å². The fourth-order valence-corrected chi connectivity index (χ4v) is 7.21. The van der Waals surface area contributed by atoms with Crippen molar-refractivity contribution in [3.8, 4) is 44.5 Å². The molecule has 0 bridgehead atoms. The van der Waals surface area contributed by atoms with Crippen LogP contribution in [-0.2, 0) is 0 Å². The minimum Gasteiger partial charge on any atom is -0.456 e. The van der Waals surface area contributed by atoms with Crippen molar-refractivity contribution in [2.45, 2.75) is 0 Å². The average molecular weight is 632 g/mol. The lowest BCUT2D eigenvalue weighted by Crippen LogP contribution is -1.92. The van der Waals surface area contributed by atoms with Gasteiger partial charge in [0.2, 0.25) is 0 Å². The molecule has 49 heavy (non-hydrogen) atoms. The Morgan fingerprint density at radius 1 is 0.347 bits per heavy atom. The zero-order valence-electron chi connectivity index (χ0n) is 35.0. The second-order valence-electron chi connectivity index (χ2n) is 12.1. The van der Waals surface area contributed by atoms with Gasteiger partial charge in [0, 0.05) is 10.8 Å². The van der Waals surface area contributed by atoms with Crippen LogP contribution in [0, 0.1) is 0 Å². The highest BCUT2D eigenvalue weighted by molar-refractivity contribution is 6.23. The predicted octanol–water partition coefficient (Wildman–Crippen LogP) is 13.7. The van der Waals surface area contributed by atoms with E-state index in [9.17, 15) is 2.74 Å². The van der Waals surface area contributed by atoms with Crippen molar-refractivity contribution in [3.63, 3.8) is 0 Å². The van der Waals surface area contributed by atoms with Crippen LogP contribution in [0.2, 0.25) is 0 Å². The molecule has 0 unspecified atom stereocenters. The molecule has 1 heteroatoms. The zero-order chi connectivity index (χ0) is 40.1. The molecule has 0 fully saturated rings. The molecule has 0 N–H and O–H groups in total. The van der Waals surface area contributed by atoms with Gasteiger partial charge < -0.3 is 4.42 Å². The van der Waals surface area contributed by atoms with Gasteiger partial charge in [0.05, 0.1) is 12.3 Å². The standard InChI is InChI=1S/C48H30O/c1-2-12-31(13-3-1)32-22-24-33(25-23-32)37-16-6-7-17-38(37)48-41-20-10-8-18-39(41)47(40-19-9-11-21-42(40)48)36-26-27-45-43(29-36)44-28-34-14-4-5-15-35(34)30-46(44)49-45/h1-30H/i1D,2D,3D,12D,13D,22D,23D,24D,25D. The summed E-state index contributed by atoms with van der Waals surface area (Å²) in [4.78, 5) is 0. The van der Waals surface area contributed by atoms with Gasteiger partial charge in [0.15, 0.2) is 0 Å². The van der Waals surface area contributed by atoms with Crippen molar-refractivity contribution >= 4 is 54.3 Å². The van der Waals surface area contributed by atoms with Crippen molar-refractivity contribution < 1.29 is 16.8 Å². The summed E-state index contributed by atoms with van der Waals surface area (Å²) in [5.41, 5.74) is 5.02. The third kappa shape index (κ3) is 4.47. The monoisotopic (exact) mass is 631 g/mol. The van der Waals surface area contributed by atoms with Crippen molar-refractivity contribution in [3.05, 3.63) is 182 Å². The highest BCUT2D eigenvalue weighted by atomic mass is 16.3. The lowest BCUT2D eigenvalue weighted by Gasteiger charge is -2.20. The minimum absolute atomic E-state index is 0.0452. The number of benzene rings is 9. The highest BCUT2D eigenvalue weighted by Gasteiger charge is 2.20. The number of furan rings is 1. The maximum absolute atomic E-state index is 9.29. The molecule has 0 saturated carbocycles. The fraction of sp³-hybridized carbons (Fsp3) is 0. The summed E-state index contributed by atoms with van der Waals surface area (Å²) >= 11 is 0. The Kier molecular flexibility index (Phi) is 4.53. The molecule has 1 nitrogen and oxygen atoms in total. The van der Waals surface area contributed by atoms with E-state index in [2.05, 4.69) is 60.7 Å². The summed E-state index contributed by atoms with van der Waals surface area (Å²) < 4.78 is 84.6. The predicted molar refractivity (Wildman–Crippen MR) is 208 cm³/mol. The van der Waals surface area contributed by atoms with Gasteiger partial charge in [-0.1, -0.05) is 158 Å². The summed E-state index contributed by atoms with van der Waals surface area (Å²) in [6.07, 6.45) is 0. The number of hydrogen-bond acceptors (Lipinski definition) is 1. The Labute approximate surface area is 297 Å².